The van der Waals surface area contributed by atoms with Crippen LogP contribution >= 0.6 is 0 Å². The van der Waals surface area contributed by atoms with E-state index >= 15 is 0 Å². The smallest absolute Gasteiger partial charge is 0.242 e. The van der Waals surface area contributed by atoms with E-state index in [0.717, 1.165) is 38.5 Å². The Kier molecular flexibility index (Phi) is 6.87. The van der Waals surface area contributed by atoms with Gasteiger partial charge in [0.15, 0.2) is 0 Å². The lowest BCUT2D eigenvalue weighted by molar-refractivity contribution is -0.134. The van der Waals surface area contributed by atoms with Crippen LogP contribution in [0.1, 0.15) is 13.3 Å². The number of rotatable bonds is 7. The van der Waals surface area contributed by atoms with Crippen LogP contribution in [0.5, 0.6) is 5.75 Å². The van der Waals surface area contributed by atoms with Gasteiger partial charge >= 0.3 is 0 Å². The van der Waals surface area contributed by atoms with Crippen LogP contribution in [-0.2, 0) is 9.59 Å². The maximum absolute atomic E-state index is 12.1. The highest BCUT2D eigenvalue weighted by Crippen LogP contribution is 2.08. The van der Waals surface area contributed by atoms with Crippen LogP contribution in [0.15, 0.2) is 30.3 Å². The first-order valence-corrected chi connectivity index (χ1v) is 8.13. The zero-order valence-corrected chi connectivity index (χ0v) is 13.7. The number of piperazine rings is 1. The molecule has 2 amide bonds. The van der Waals surface area contributed by atoms with E-state index in [0.29, 0.717) is 6.61 Å². The van der Waals surface area contributed by atoms with Gasteiger partial charge in [-0.2, -0.15) is 0 Å². The number of nitrogens with one attached hydrogen (secondary N) is 1. The second-order valence-corrected chi connectivity index (χ2v) is 5.50. The molecule has 1 aliphatic rings. The fraction of sp³-hybridized carbons (Fsp3) is 0.529. The minimum absolute atomic E-state index is 0.0157. The standard InChI is InChI=1S/C17H25N3O3/c1-2-19-9-11-20(12-10-19)17(22)14-18-16(21)8-13-23-15-6-4-3-5-7-15/h3-7H,2,8-14H2,1H3,(H,18,21). The molecule has 1 aromatic rings. The Bertz CT molecular complexity index is 499. The van der Waals surface area contributed by atoms with E-state index in [2.05, 4.69) is 17.1 Å². The molecule has 0 unspecified atom stereocenters. The van der Waals surface area contributed by atoms with Crippen LogP contribution < -0.4 is 10.1 Å². The number of ether oxygens (including phenoxy) is 1. The van der Waals surface area contributed by atoms with E-state index in [1.807, 2.05) is 35.2 Å². The molecule has 1 aromatic carbocycles. The Hall–Kier alpha value is -2.08. The molecule has 0 atom stereocenters. The first kappa shape index (κ1) is 17.3. The minimum atomic E-state index is -0.165. The summed E-state index contributed by atoms with van der Waals surface area (Å²) in [6, 6.07) is 9.36. The first-order chi connectivity index (χ1) is 11.2. The molecule has 6 nitrogen and oxygen atoms in total. The normalized spacial score (nSPS) is 15.3. The average molecular weight is 319 g/mol. The van der Waals surface area contributed by atoms with E-state index in [9.17, 15) is 9.59 Å². The molecule has 0 radical (unpaired) electrons. The maximum Gasteiger partial charge on any atom is 0.242 e. The summed E-state index contributed by atoms with van der Waals surface area (Å²) in [4.78, 5) is 27.9. The van der Waals surface area contributed by atoms with Crippen molar-refractivity contribution in [3.63, 3.8) is 0 Å². The number of para-hydroxylation sites is 1. The van der Waals surface area contributed by atoms with Crippen molar-refractivity contribution in [2.45, 2.75) is 13.3 Å². The molecular weight excluding hydrogens is 294 g/mol. The van der Waals surface area contributed by atoms with Crippen molar-refractivity contribution < 1.29 is 14.3 Å². The van der Waals surface area contributed by atoms with Crippen molar-refractivity contribution in [1.29, 1.82) is 0 Å². The number of hydrogen-bond donors (Lipinski definition) is 1. The highest BCUT2D eigenvalue weighted by molar-refractivity contribution is 5.84. The fourth-order valence-electron chi connectivity index (χ4n) is 2.47. The number of benzene rings is 1. The summed E-state index contributed by atoms with van der Waals surface area (Å²) in [5.74, 6) is 0.560. The summed E-state index contributed by atoms with van der Waals surface area (Å²) in [7, 11) is 0. The van der Waals surface area contributed by atoms with Crippen molar-refractivity contribution in [3.05, 3.63) is 30.3 Å². The number of nitrogens with zero attached hydrogens (tertiary/aromatic N) is 2. The Morgan fingerprint density at radius 2 is 1.83 bits per heavy atom. The largest absolute Gasteiger partial charge is 0.493 e. The molecule has 2 rings (SSSR count). The SMILES string of the molecule is CCN1CCN(C(=O)CNC(=O)CCOc2ccccc2)CC1. The van der Waals surface area contributed by atoms with E-state index < -0.39 is 0 Å². The summed E-state index contributed by atoms with van der Waals surface area (Å²) >= 11 is 0. The van der Waals surface area contributed by atoms with Gasteiger partial charge < -0.3 is 19.9 Å². The lowest BCUT2D eigenvalue weighted by Gasteiger charge is -2.34. The van der Waals surface area contributed by atoms with Crippen molar-refractivity contribution in [2.75, 3.05) is 45.9 Å². The first-order valence-electron chi connectivity index (χ1n) is 8.13. The second kappa shape index (κ2) is 9.15. The lowest BCUT2D eigenvalue weighted by Crippen LogP contribution is -2.51. The molecule has 0 saturated carbocycles. The van der Waals surface area contributed by atoms with E-state index in [-0.39, 0.29) is 24.8 Å². The molecule has 1 saturated heterocycles. The fourth-order valence-corrected chi connectivity index (χ4v) is 2.47. The van der Waals surface area contributed by atoms with Crippen molar-refractivity contribution >= 4 is 11.8 Å². The topological polar surface area (TPSA) is 61.9 Å². The van der Waals surface area contributed by atoms with Crippen molar-refractivity contribution in [1.82, 2.24) is 15.1 Å². The van der Waals surface area contributed by atoms with Crippen LogP contribution in [0.25, 0.3) is 0 Å². The molecule has 0 aliphatic carbocycles. The minimum Gasteiger partial charge on any atom is -0.493 e. The van der Waals surface area contributed by atoms with Gasteiger partial charge in [0.1, 0.15) is 5.75 Å². The van der Waals surface area contributed by atoms with Crippen LogP contribution in [-0.4, -0.2) is 67.5 Å². The summed E-state index contributed by atoms with van der Waals surface area (Å²) in [5, 5.41) is 2.67. The van der Waals surface area contributed by atoms with Gasteiger partial charge in [-0.1, -0.05) is 25.1 Å². The van der Waals surface area contributed by atoms with Crippen LogP contribution in [0.3, 0.4) is 0 Å². The monoisotopic (exact) mass is 319 g/mol. The Labute approximate surface area is 137 Å². The van der Waals surface area contributed by atoms with Crippen LogP contribution in [0.4, 0.5) is 0 Å². The van der Waals surface area contributed by atoms with Crippen molar-refractivity contribution in [2.24, 2.45) is 0 Å². The molecule has 6 heteroatoms. The zero-order chi connectivity index (χ0) is 16.5. The highest BCUT2D eigenvalue weighted by atomic mass is 16.5. The third kappa shape index (κ3) is 5.90. The lowest BCUT2D eigenvalue weighted by atomic mass is 10.3. The van der Waals surface area contributed by atoms with Gasteiger partial charge in [-0.3, -0.25) is 9.59 Å². The maximum atomic E-state index is 12.1. The van der Waals surface area contributed by atoms with Crippen molar-refractivity contribution in [3.8, 4) is 5.75 Å². The number of carbonyl (C=O) groups excluding carboxylic acids is 2. The number of amides is 2. The quantitative estimate of drug-likeness (QED) is 0.805. The summed E-state index contributed by atoms with van der Waals surface area (Å²) in [5.41, 5.74) is 0. The molecule has 1 N–H and O–H groups in total. The van der Waals surface area contributed by atoms with Gasteiger partial charge in [0, 0.05) is 26.2 Å². The van der Waals surface area contributed by atoms with Gasteiger partial charge in [0.2, 0.25) is 11.8 Å². The Balaban J connectivity index is 1.59. The highest BCUT2D eigenvalue weighted by Gasteiger charge is 2.20. The number of carbonyl (C=O) groups is 2. The second-order valence-electron chi connectivity index (χ2n) is 5.50. The third-order valence-corrected chi connectivity index (χ3v) is 3.95. The summed E-state index contributed by atoms with van der Waals surface area (Å²) in [6.45, 7) is 6.78. The van der Waals surface area contributed by atoms with E-state index in [4.69, 9.17) is 4.74 Å². The van der Waals surface area contributed by atoms with Gasteiger partial charge in [0.05, 0.1) is 19.6 Å². The molecule has 0 spiro atoms. The predicted octanol–water partition coefficient (Wildman–Crippen LogP) is 0.736. The van der Waals surface area contributed by atoms with E-state index in [1.54, 1.807) is 0 Å². The van der Waals surface area contributed by atoms with Gasteiger partial charge in [-0.15, -0.1) is 0 Å². The molecule has 1 aliphatic heterocycles. The van der Waals surface area contributed by atoms with E-state index in [1.165, 1.54) is 0 Å². The third-order valence-electron chi connectivity index (χ3n) is 3.95. The van der Waals surface area contributed by atoms with Gasteiger partial charge in [0.25, 0.3) is 0 Å². The average Bonchev–Trinajstić information content (AvgIpc) is 2.60. The molecular formula is C17H25N3O3. The summed E-state index contributed by atoms with van der Waals surface area (Å²) < 4.78 is 5.46. The van der Waals surface area contributed by atoms with Crippen LogP contribution in [0.2, 0.25) is 0 Å². The van der Waals surface area contributed by atoms with Crippen LogP contribution in [0, 0.1) is 0 Å². The zero-order valence-electron chi connectivity index (χ0n) is 13.7. The van der Waals surface area contributed by atoms with Gasteiger partial charge in [-0.05, 0) is 18.7 Å². The van der Waals surface area contributed by atoms with Gasteiger partial charge in [-0.25, -0.2) is 0 Å². The molecule has 0 bridgehead atoms. The predicted molar refractivity (Wildman–Crippen MR) is 88.3 cm³/mol. The molecule has 1 fully saturated rings. The number of hydrogen-bond acceptors (Lipinski definition) is 4. The molecule has 23 heavy (non-hydrogen) atoms. The molecule has 0 aromatic heterocycles. The Morgan fingerprint density at radius 3 is 2.48 bits per heavy atom. The molecule has 1 heterocycles. The Morgan fingerprint density at radius 1 is 1.13 bits per heavy atom. The summed E-state index contributed by atoms with van der Waals surface area (Å²) in [6.07, 6.45) is 0.242. The number of likely N-dealkylation sites (N-methyl/N-ethyl adjacent to an activating group) is 1. The molecule has 126 valence electrons.